The normalized spacial score (nSPS) is 11.4. The fraction of sp³-hybridized carbons (Fsp3) is 0.118. The fourth-order valence-corrected chi connectivity index (χ4v) is 3.81. The van der Waals surface area contributed by atoms with Crippen molar-refractivity contribution in [2.45, 2.75) is 6.92 Å². The first-order chi connectivity index (χ1) is 10.8. The monoisotopic (exact) mass is 328 g/mol. The molecule has 4 rings (SSSR count). The molecule has 0 aliphatic rings. The summed E-state index contributed by atoms with van der Waals surface area (Å²) in [6, 6.07) is 13.9. The molecule has 0 unspecified atom stereocenters. The van der Waals surface area contributed by atoms with Crippen LogP contribution < -0.4 is 4.74 Å². The van der Waals surface area contributed by atoms with Crippen molar-refractivity contribution < 1.29 is 4.74 Å². The summed E-state index contributed by atoms with van der Waals surface area (Å²) in [5, 5.41) is 0.719. The van der Waals surface area contributed by atoms with Gasteiger partial charge in [-0.05, 0) is 31.2 Å². The molecule has 0 N–H and O–H groups in total. The van der Waals surface area contributed by atoms with Crippen LogP contribution in [0.25, 0.3) is 26.4 Å². The van der Waals surface area contributed by atoms with Gasteiger partial charge in [0, 0.05) is 11.8 Å². The zero-order chi connectivity index (χ0) is 15.1. The van der Waals surface area contributed by atoms with Gasteiger partial charge in [-0.15, -0.1) is 0 Å². The highest BCUT2D eigenvalue weighted by molar-refractivity contribution is 7.23. The molecule has 0 fully saturated rings. The Morgan fingerprint density at radius 3 is 2.91 bits per heavy atom. The van der Waals surface area contributed by atoms with Crippen LogP contribution in [0.2, 0.25) is 5.02 Å². The molecule has 0 aliphatic heterocycles. The lowest BCUT2D eigenvalue weighted by Gasteiger charge is -2.02. The van der Waals surface area contributed by atoms with Crippen LogP contribution in [0, 0.1) is 0 Å². The van der Waals surface area contributed by atoms with Crippen molar-refractivity contribution in [3.63, 3.8) is 0 Å². The summed E-state index contributed by atoms with van der Waals surface area (Å²) in [6.07, 6.45) is 2.04. The fourth-order valence-electron chi connectivity index (χ4n) is 2.54. The number of aromatic nitrogens is 2. The summed E-state index contributed by atoms with van der Waals surface area (Å²) in [5.74, 6) is 0.894. The Morgan fingerprint density at radius 2 is 2.09 bits per heavy atom. The maximum Gasteiger partial charge on any atom is 0.195 e. The maximum atomic E-state index is 6.26. The van der Waals surface area contributed by atoms with Gasteiger partial charge in [0.2, 0.25) is 0 Å². The van der Waals surface area contributed by atoms with Crippen LogP contribution in [0.5, 0.6) is 5.75 Å². The van der Waals surface area contributed by atoms with Crippen molar-refractivity contribution in [3.8, 4) is 17.0 Å². The predicted molar refractivity (Wildman–Crippen MR) is 92.2 cm³/mol. The number of benzene rings is 2. The summed E-state index contributed by atoms with van der Waals surface area (Å²) < 4.78 is 8.83. The van der Waals surface area contributed by atoms with E-state index in [2.05, 4.69) is 16.5 Å². The van der Waals surface area contributed by atoms with Gasteiger partial charge >= 0.3 is 0 Å². The molecule has 5 heteroatoms. The molecule has 2 heterocycles. The van der Waals surface area contributed by atoms with E-state index in [4.69, 9.17) is 21.3 Å². The van der Waals surface area contributed by atoms with Crippen molar-refractivity contribution >= 4 is 38.1 Å². The van der Waals surface area contributed by atoms with E-state index < -0.39 is 0 Å². The number of thiazole rings is 1. The quantitative estimate of drug-likeness (QED) is 0.512. The molecule has 0 spiro atoms. The zero-order valence-electron chi connectivity index (χ0n) is 11.9. The highest BCUT2D eigenvalue weighted by Crippen LogP contribution is 2.33. The molecule has 0 saturated carbocycles. The Balaban J connectivity index is 1.87. The van der Waals surface area contributed by atoms with Crippen LogP contribution in [0.4, 0.5) is 0 Å². The van der Waals surface area contributed by atoms with E-state index in [1.165, 1.54) is 4.70 Å². The highest BCUT2D eigenvalue weighted by atomic mass is 35.5. The van der Waals surface area contributed by atoms with E-state index in [0.29, 0.717) is 6.61 Å². The molecule has 4 aromatic rings. The molecule has 22 heavy (non-hydrogen) atoms. The van der Waals surface area contributed by atoms with Crippen molar-refractivity contribution in [2.75, 3.05) is 6.61 Å². The average molecular weight is 329 g/mol. The average Bonchev–Trinajstić information content (AvgIpc) is 3.05. The summed E-state index contributed by atoms with van der Waals surface area (Å²) in [5.41, 5.74) is 2.99. The lowest BCUT2D eigenvalue weighted by molar-refractivity contribution is 0.341. The highest BCUT2D eigenvalue weighted by Gasteiger charge is 2.12. The smallest absolute Gasteiger partial charge is 0.195 e. The zero-order valence-corrected chi connectivity index (χ0v) is 13.5. The van der Waals surface area contributed by atoms with Gasteiger partial charge in [0.05, 0.1) is 27.5 Å². The third-order valence-electron chi connectivity index (χ3n) is 3.53. The number of hydrogen-bond acceptors (Lipinski definition) is 3. The molecule has 0 aliphatic carbocycles. The van der Waals surface area contributed by atoms with Gasteiger partial charge in [0.1, 0.15) is 5.75 Å². The lowest BCUT2D eigenvalue weighted by Crippen LogP contribution is -1.90. The predicted octanol–water partition coefficient (Wildman–Crippen LogP) is 5.27. The standard InChI is InChI=1S/C17H13ClN2OS/c1-2-21-11-7-8-15-16(9-11)22-17-19-14(10-20(15)17)12-5-3-4-6-13(12)18/h3-10H,2H2,1H3. The number of hydrogen-bond donors (Lipinski definition) is 0. The van der Waals surface area contributed by atoms with Crippen LogP contribution in [-0.2, 0) is 0 Å². The maximum absolute atomic E-state index is 6.26. The molecule has 0 radical (unpaired) electrons. The van der Waals surface area contributed by atoms with Crippen LogP contribution in [0.3, 0.4) is 0 Å². The summed E-state index contributed by atoms with van der Waals surface area (Å²) in [6.45, 7) is 2.66. The Morgan fingerprint density at radius 1 is 1.23 bits per heavy atom. The van der Waals surface area contributed by atoms with E-state index in [1.54, 1.807) is 11.3 Å². The molecule has 2 aromatic carbocycles. The third-order valence-corrected chi connectivity index (χ3v) is 4.87. The summed E-state index contributed by atoms with van der Waals surface area (Å²) >= 11 is 7.92. The Bertz CT molecular complexity index is 973. The van der Waals surface area contributed by atoms with Crippen molar-refractivity contribution in [2.24, 2.45) is 0 Å². The largest absolute Gasteiger partial charge is 0.494 e. The molecule has 0 bridgehead atoms. The number of nitrogens with zero attached hydrogens (tertiary/aromatic N) is 2. The SMILES string of the molecule is CCOc1ccc2c(c1)sc1nc(-c3ccccc3Cl)cn12. The van der Waals surface area contributed by atoms with E-state index in [9.17, 15) is 0 Å². The topological polar surface area (TPSA) is 26.5 Å². The number of ether oxygens (including phenoxy) is 1. The van der Waals surface area contributed by atoms with E-state index >= 15 is 0 Å². The van der Waals surface area contributed by atoms with Gasteiger partial charge in [-0.1, -0.05) is 41.1 Å². The molecule has 110 valence electrons. The number of halogens is 1. The molecule has 0 atom stereocenters. The van der Waals surface area contributed by atoms with Crippen LogP contribution in [0.15, 0.2) is 48.7 Å². The van der Waals surface area contributed by atoms with Crippen LogP contribution >= 0.6 is 22.9 Å². The molecule has 0 saturated heterocycles. The summed E-state index contributed by atoms with van der Waals surface area (Å²) in [4.78, 5) is 5.67. The number of imidazole rings is 1. The van der Waals surface area contributed by atoms with Crippen molar-refractivity contribution in [1.29, 1.82) is 0 Å². The van der Waals surface area contributed by atoms with Gasteiger partial charge in [0.15, 0.2) is 4.96 Å². The molecular formula is C17H13ClN2OS. The molecule has 0 amide bonds. The van der Waals surface area contributed by atoms with E-state index in [0.717, 1.165) is 32.5 Å². The first-order valence-electron chi connectivity index (χ1n) is 7.05. The molecule has 3 nitrogen and oxygen atoms in total. The van der Waals surface area contributed by atoms with Crippen molar-refractivity contribution in [1.82, 2.24) is 9.38 Å². The van der Waals surface area contributed by atoms with E-state index in [-0.39, 0.29) is 0 Å². The van der Waals surface area contributed by atoms with Gasteiger partial charge < -0.3 is 4.74 Å². The lowest BCUT2D eigenvalue weighted by atomic mass is 10.2. The Labute approximate surface area is 136 Å². The van der Waals surface area contributed by atoms with Crippen LogP contribution in [0.1, 0.15) is 6.92 Å². The minimum atomic E-state index is 0.671. The second kappa shape index (κ2) is 5.30. The molecule has 2 aromatic heterocycles. The van der Waals surface area contributed by atoms with E-state index in [1.807, 2.05) is 43.5 Å². The number of rotatable bonds is 3. The van der Waals surface area contributed by atoms with Gasteiger partial charge in [0.25, 0.3) is 0 Å². The minimum Gasteiger partial charge on any atom is -0.494 e. The second-order valence-electron chi connectivity index (χ2n) is 4.92. The van der Waals surface area contributed by atoms with Crippen molar-refractivity contribution in [3.05, 3.63) is 53.7 Å². The number of fused-ring (bicyclic) bond motifs is 3. The van der Waals surface area contributed by atoms with Gasteiger partial charge in [-0.25, -0.2) is 4.98 Å². The Hall–Kier alpha value is -2.04. The third kappa shape index (κ3) is 2.16. The van der Waals surface area contributed by atoms with Gasteiger partial charge in [-0.3, -0.25) is 4.40 Å². The minimum absolute atomic E-state index is 0.671. The summed E-state index contributed by atoms with van der Waals surface area (Å²) in [7, 11) is 0. The first kappa shape index (κ1) is 13.6. The Kier molecular flexibility index (Phi) is 3.28. The first-order valence-corrected chi connectivity index (χ1v) is 8.25. The van der Waals surface area contributed by atoms with Crippen LogP contribution in [-0.4, -0.2) is 16.0 Å². The molecular weight excluding hydrogens is 316 g/mol. The second-order valence-corrected chi connectivity index (χ2v) is 6.34. The van der Waals surface area contributed by atoms with Gasteiger partial charge in [-0.2, -0.15) is 0 Å².